The molecule has 0 saturated carbocycles. The molecule has 1 aromatic carbocycles. The summed E-state index contributed by atoms with van der Waals surface area (Å²) in [6.45, 7) is 14.7. The molecule has 5 heteroatoms. The summed E-state index contributed by atoms with van der Waals surface area (Å²) in [5.74, 6) is -0.346. The highest BCUT2D eigenvalue weighted by atomic mass is 16.5. The van der Waals surface area contributed by atoms with E-state index < -0.39 is 5.97 Å². The molecule has 2 aromatic rings. The number of ether oxygens (including phenoxy) is 1. The van der Waals surface area contributed by atoms with Crippen LogP contribution in [0.25, 0.3) is 11.8 Å². The Morgan fingerprint density at radius 2 is 1.65 bits per heavy atom. The third kappa shape index (κ3) is 4.22. The van der Waals surface area contributed by atoms with Crippen molar-refractivity contribution in [1.82, 2.24) is 9.47 Å². The van der Waals surface area contributed by atoms with Gasteiger partial charge in [-0.3, -0.25) is 4.79 Å². The Labute approximate surface area is 185 Å². The van der Waals surface area contributed by atoms with Crippen molar-refractivity contribution < 1.29 is 14.3 Å². The first-order valence-electron chi connectivity index (χ1n) is 10.7. The fourth-order valence-corrected chi connectivity index (χ4v) is 4.38. The van der Waals surface area contributed by atoms with Gasteiger partial charge in [0.15, 0.2) is 0 Å². The number of benzene rings is 1. The first-order chi connectivity index (χ1) is 14.5. The number of aromatic nitrogens is 1. The molecular formula is C26H32N2O3. The van der Waals surface area contributed by atoms with Gasteiger partial charge in [0, 0.05) is 29.3 Å². The molecule has 3 rings (SSSR count). The Hall–Kier alpha value is -3.08. The Bertz CT molecular complexity index is 1100. The zero-order valence-electron chi connectivity index (χ0n) is 19.8. The van der Waals surface area contributed by atoms with Gasteiger partial charge in [-0.2, -0.15) is 0 Å². The second-order valence-corrected chi connectivity index (χ2v) is 8.83. The number of rotatable bonds is 5. The van der Waals surface area contributed by atoms with Crippen LogP contribution in [0.3, 0.4) is 0 Å². The summed E-state index contributed by atoms with van der Waals surface area (Å²) in [5.41, 5.74) is 7.89. The Kier molecular flexibility index (Phi) is 6.25. The van der Waals surface area contributed by atoms with Gasteiger partial charge in [-0.1, -0.05) is 19.9 Å². The third-order valence-corrected chi connectivity index (χ3v) is 5.68. The Balaban J connectivity index is 2.14. The summed E-state index contributed by atoms with van der Waals surface area (Å²) in [7, 11) is 1.35. The van der Waals surface area contributed by atoms with E-state index in [1.165, 1.54) is 18.2 Å². The second kappa shape index (κ2) is 8.58. The molecule has 0 unspecified atom stereocenters. The molecule has 0 aliphatic carbocycles. The molecule has 0 bridgehead atoms. The number of carbonyl (C=O) groups excluding carboxylic acids is 2. The average molecular weight is 421 g/mol. The minimum Gasteiger partial charge on any atom is -0.465 e. The van der Waals surface area contributed by atoms with Crippen LogP contribution < -0.4 is 0 Å². The Morgan fingerprint density at radius 3 is 2.19 bits per heavy atom. The van der Waals surface area contributed by atoms with Crippen LogP contribution in [0.4, 0.5) is 0 Å². The van der Waals surface area contributed by atoms with E-state index in [0.717, 1.165) is 22.6 Å². The van der Waals surface area contributed by atoms with Gasteiger partial charge in [0.2, 0.25) is 0 Å². The van der Waals surface area contributed by atoms with Gasteiger partial charge in [0.05, 0.1) is 18.3 Å². The number of allylic oxidation sites excluding steroid dienone is 1. The highest BCUT2D eigenvalue weighted by Gasteiger charge is 2.37. The van der Waals surface area contributed by atoms with Crippen LogP contribution in [0.5, 0.6) is 0 Å². The van der Waals surface area contributed by atoms with Gasteiger partial charge in [-0.25, -0.2) is 4.79 Å². The molecule has 0 radical (unpaired) electrons. The second-order valence-electron chi connectivity index (χ2n) is 8.83. The van der Waals surface area contributed by atoms with Gasteiger partial charge in [-0.15, -0.1) is 0 Å². The van der Waals surface area contributed by atoms with E-state index in [-0.39, 0.29) is 11.8 Å². The molecule has 0 spiro atoms. The van der Waals surface area contributed by atoms with Gasteiger partial charge in [0.25, 0.3) is 5.91 Å². The summed E-state index contributed by atoms with van der Waals surface area (Å²) >= 11 is 0. The lowest BCUT2D eigenvalue weighted by molar-refractivity contribution is -0.136. The van der Waals surface area contributed by atoms with Crippen molar-refractivity contribution in [2.45, 2.75) is 48.5 Å². The molecule has 2 heterocycles. The summed E-state index contributed by atoms with van der Waals surface area (Å²) < 4.78 is 7.19. The predicted molar refractivity (Wildman–Crippen MR) is 124 cm³/mol. The van der Waals surface area contributed by atoms with Crippen LogP contribution in [0.15, 0.2) is 41.1 Å². The lowest BCUT2D eigenvalue weighted by Crippen LogP contribution is -2.28. The molecule has 164 valence electrons. The van der Waals surface area contributed by atoms with Crippen molar-refractivity contribution in [3.63, 3.8) is 0 Å². The monoisotopic (exact) mass is 420 g/mol. The van der Waals surface area contributed by atoms with Crippen LogP contribution in [-0.4, -0.2) is 35.0 Å². The fourth-order valence-electron chi connectivity index (χ4n) is 4.38. The molecule has 1 amide bonds. The molecule has 0 fully saturated rings. The molecule has 0 N–H and O–H groups in total. The molecule has 1 aliphatic heterocycles. The number of hydrogen-bond acceptors (Lipinski definition) is 3. The van der Waals surface area contributed by atoms with E-state index >= 15 is 0 Å². The van der Waals surface area contributed by atoms with Crippen LogP contribution in [0.1, 0.15) is 48.8 Å². The van der Waals surface area contributed by atoms with Crippen molar-refractivity contribution in [2.24, 2.45) is 5.92 Å². The maximum Gasteiger partial charge on any atom is 0.340 e. The summed E-state index contributed by atoms with van der Waals surface area (Å²) in [5, 5.41) is 0. The third-order valence-electron chi connectivity index (χ3n) is 5.68. The summed E-state index contributed by atoms with van der Waals surface area (Å²) in [6.07, 6.45) is 1.83. The predicted octanol–water partition coefficient (Wildman–Crippen LogP) is 5.04. The zero-order chi connectivity index (χ0) is 23.0. The zero-order valence-corrected chi connectivity index (χ0v) is 19.8. The fraction of sp³-hybridized carbons (Fsp3) is 0.385. The first-order valence-corrected chi connectivity index (χ1v) is 10.7. The SMILES string of the molecule is COC(=O)C1=C(C)N(CC(C)C)C(=O)/C1=C\c1cc(C)n(-c2cc(C)cc(C)c2)c1C. The smallest absolute Gasteiger partial charge is 0.340 e. The van der Waals surface area contributed by atoms with Crippen molar-refractivity contribution in [1.29, 1.82) is 0 Å². The van der Waals surface area contributed by atoms with Crippen molar-refractivity contribution in [3.8, 4) is 5.69 Å². The van der Waals surface area contributed by atoms with Crippen molar-refractivity contribution in [3.05, 3.63) is 69.2 Å². The maximum absolute atomic E-state index is 13.3. The van der Waals surface area contributed by atoms with Gasteiger partial charge in [-0.05, 0) is 81.5 Å². The lowest BCUT2D eigenvalue weighted by Gasteiger charge is -2.19. The number of esters is 1. The van der Waals surface area contributed by atoms with Crippen molar-refractivity contribution in [2.75, 3.05) is 13.7 Å². The summed E-state index contributed by atoms with van der Waals surface area (Å²) in [6, 6.07) is 8.51. The number of hydrogen-bond donors (Lipinski definition) is 0. The normalized spacial score (nSPS) is 15.6. The quantitative estimate of drug-likeness (QED) is 0.503. The molecule has 5 nitrogen and oxygen atoms in total. The lowest BCUT2D eigenvalue weighted by atomic mass is 10.0. The minimum atomic E-state index is -0.480. The van der Waals surface area contributed by atoms with Gasteiger partial charge < -0.3 is 14.2 Å². The topological polar surface area (TPSA) is 51.5 Å². The van der Waals surface area contributed by atoms with E-state index in [2.05, 4.69) is 63.5 Å². The van der Waals surface area contributed by atoms with Gasteiger partial charge in [0.1, 0.15) is 0 Å². The van der Waals surface area contributed by atoms with Gasteiger partial charge >= 0.3 is 5.97 Å². The van der Waals surface area contributed by atoms with E-state index in [1.807, 2.05) is 19.9 Å². The van der Waals surface area contributed by atoms with E-state index in [1.54, 1.807) is 4.90 Å². The summed E-state index contributed by atoms with van der Waals surface area (Å²) in [4.78, 5) is 27.5. The van der Waals surface area contributed by atoms with Crippen LogP contribution in [0.2, 0.25) is 0 Å². The van der Waals surface area contributed by atoms with E-state index in [4.69, 9.17) is 4.74 Å². The molecule has 0 saturated heterocycles. The molecule has 31 heavy (non-hydrogen) atoms. The standard InChI is InChI=1S/C26H32N2O3/c1-15(2)14-27-20(7)24(26(30)31-8)23(25(27)29)13-21-12-18(5)28(19(21)6)22-10-16(3)9-17(4)11-22/h9-13,15H,14H2,1-8H3/b23-13-. The highest BCUT2D eigenvalue weighted by Crippen LogP contribution is 2.33. The van der Waals surface area contributed by atoms with Crippen LogP contribution in [-0.2, 0) is 14.3 Å². The van der Waals surface area contributed by atoms with E-state index in [0.29, 0.717) is 23.4 Å². The maximum atomic E-state index is 13.3. The minimum absolute atomic E-state index is 0.150. The average Bonchev–Trinajstić information content (AvgIpc) is 3.08. The molecule has 1 aliphatic rings. The number of nitrogens with zero attached hydrogens (tertiary/aromatic N) is 2. The molecule has 0 atom stereocenters. The molecular weight excluding hydrogens is 388 g/mol. The number of amides is 1. The molecule has 1 aromatic heterocycles. The number of methoxy groups -OCH3 is 1. The Morgan fingerprint density at radius 1 is 1.03 bits per heavy atom. The largest absolute Gasteiger partial charge is 0.465 e. The van der Waals surface area contributed by atoms with Crippen molar-refractivity contribution >= 4 is 18.0 Å². The van der Waals surface area contributed by atoms with E-state index in [9.17, 15) is 9.59 Å². The highest BCUT2D eigenvalue weighted by molar-refractivity contribution is 6.16. The van der Waals surface area contributed by atoms with Crippen LogP contribution in [0, 0.1) is 33.6 Å². The number of aryl methyl sites for hydroxylation is 3. The van der Waals surface area contributed by atoms with Crippen LogP contribution >= 0.6 is 0 Å². The number of carbonyl (C=O) groups is 2. The first kappa shape index (κ1) is 22.6.